The van der Waals surface area contributed by atoms with Crippen molar-refractivity contribution in [3.05, 3.63) is 29.8 Å². The Hall–Kier alpha value is -0.875. The molecule has 0 aliphatic carbocycles. The van der Waals surface area contributed by atoms with Gasteiger partial charge in [0, 0.05) is 6.42 Å². The van der Waals surface area contributed by atoms with Crippen LogP contribution in [0.5, 0.6) is 0 Å². The van der Waals surface area contributed by atoms with Gasteiger partial charge in [-0.25, -0.2) is 0 Å². The highest BCUT2D eigenvalue weighted by Gasteiger charge is 2.14. The highest BCUT2D eigenvalue weighted by molar-refractivity contribution is 6.58. The third-order valence-electron chi connectivity index (χ3n) is 2.84. The van der Waals surface area contributed by atoms with E-state index in [2.05, 4.69) is 0 Å². The van der Waals surface area contributed by atoms with Gasteiger partial charge in [0.25, 0.3) is 0 Å². The Bertz CT molecular complexity index is 333. The molecule has 0 radical (unpaired) electrons. The molecule has 1 heterocycles. The first kappa shape index (κ1) is 12.6. The van der Waals surface area contributed by atoms with E-state index in [1.807, 2.05) is 12.1 Å². The van der Waals surface area contributed by atoms with Gasteiger partial charge in [-0.05, 0) is 23.9 Å². The number of benzene rings is 1. The predicted molar refractivity (Wildman–Crippen MR) is 64.9 cm³/mol. The molecule has 92 valence electrons. The second kappa shape index (κ2) is 6.16. The topological polar surface area (TPSA) is 58.9 Å². The SMILES string of the molecule is OB(O)c1ccc(CCC2OCCCO2)cc1. The molecule has 2 N–H and O–H groups in total. The molecule has 4 nitrogen and oxygen atoms in total. The molecule has 17 heavy (non-hydrogen) atoms. The molecule has 0 unspecified atom stereocenters. The molecule has 1 fully saturated rings. The molecule has 2 rings (SSSR count). The third-order valence-corrected chi connectivity index (χ3v) is 2.84. The average Bonchev–Trinajstić information content (AvgIpc) is 2.38. The van der Waals surface area contributed by atoms with Crippen LogP contribution in [0.1, 0.15) is 18.4 Å². The fraction of sp³-hybridized carbons (Fsp3) is 0.500. The third kappa shape index (κ3) is 3.82. The second-order valence-corrected chi connectivity index (χ2v) is 4.18. The molecule has 1 aromatic carbocycles. The normalized spacial score (nSPS) is 17.1. The Morgan fingerprint density at radius 2 is 1.76 bits per heavy atom. The molecule has 0 spiro atoms. The lowest BCUT2D eigenvalue weighted by Gasteiger charge is -2.23. The van der Waals surface area contributed by atoms with Crippen molar-refractivity contribution in [3.8, 4) is 0 Å². The van der Waals surface area contributed by atoms with Crippen LogP contribution in [0.25, 0.3) is 0 Å². The molecule has 1 aliphatic rings. The van der Waals surface area contributed by atoms with E-state index in [1.165, 1.54) is 0 Å². The van der Waals surface area contributed by atoms with Crippen molar-refractivity contribution >= 4 is 12.6 Å². The molecular weight excluding hydrogens is 219 g/mol. The molecule has 1 aromatic rings. The Kier molecular flexibility index (Phi) is 4.56. The monoisotopic (exact) mass is 236 g/mol. The van der Waals surface area contributed by atoms with Crippen molar-refractivity contribution in [2.45, 2.75) is 25.6 Å². The van der Waals surface area contributed by atoms with Gasteiger partial charge in [0.2, 0.25) is 0 Å². The van der Waals surface area contributed by atoms with E-state index in [4.69, 9.17) is 19.5 Å². The highest BCUT2D eigenvalue weighted by atomic mass is 16.7. The van der Waals surface area contributed by atoms with Crippen LogP contribution >= 0.6 is 0 Å². The van der Waals surface area contributed by atoms with Gasteiger partial charge in [-0.1, -0.05) is 24.3 Å². The molecule has 0 amide bonds. The van der Waals surface area contributed by atoms with Gasteiger partial charge in [-0.2, -0.15) is 0 Å². The van der Waals surface area contributed by atoms with E-state index < -0.39 is 7.12 Å². The fourth-order valence-electron chi connectivity index (χ4n) is 1.84. The lowest BCUT2D eigenvalue weighted by molar-refractivity contribution is -0.180. The number of rotatable bonds is 4. The smallest absolute Gasteiger partial charge is 0.423 e. The minimum Gasteiger partial charge on any atom is -0.423 e. The van der Waals surface area contributed by atoms with Crippen LogP contribution < -0.4 is 5.46 Å². The number of hydrogen-bond acceptors (Lipinski definition) is 4. The van der Waals surface area contributed by atoms with Crippen LogP contribution in [0.15, 0.2) is 24.3 Å². The van der Waals surface area contributed by atoms with Crippen LogP contribution in [0, 0.1) is 0 Å². The fourth-order valence-corrected chi connectivity index (χ4v) is 1.84. The summed E-state index contributed by atoms with van der Waals surface area (Å²) in [5.74, 6) is 0. The summed E-state index contributed by atoms with van der Waals surface area (Å²) in [6, 6.07) is 7.25. The largest absolute Gasteiger partial charge is 0.488 e. The van der Waals surface area contributed by atoms with Crippen molar-refractivity contribution in [2.24, 2.45) is 0 Å². The number of hydrogen-bond donors (Lipinski definition) is 2. The number of aryl methyl sites for hydroxylation is 1. The molecule has 0 aromatic heterocycles. The summed E-state index contributed by atoms with van der Waals surface area (Å²) < 4.78 is 10.9. The Morgan fingerprint density at radius 3 is 2.35 bits per heavy atom. The Morgan fingerprint density at radius 1 is 1.12 bits per heavy atom. The van der Waals surface area contributed by atoms with Crippen LogP contribution in [0.2, 0.25) is 0 Å². The van der Waals surface area contributed by atoms with Crippen molar-refractivity contribution in [2.75, 3.05) is 13.2 Å². The summed E-state index contributed by atoms with van der Waals surface area (Å²) in [5.41, 5.74) is 1.66. The van der Waals surface area contributed by atoms with Crippen molar-refractivity contribution < 1.29 is 19.5 Å². The maximum atomic E-state index is 8.96. The Balaban J connectivity index is 1.82. The predicted octanol–water partition coefficient (Wildman–Crippen LogP) is 0.0620. The average molecular weight is 236 g/mol. The highest BCUT2D eigenvalue weighted by Crippen LogP contribution is 2.12. The molecule has 5 heteroatoms. The van der Waals surface area contributed by atoms with Gasteiger partial charge >= 0.3 is 7.12 Å². The zero-order chi connectivity index (χ0) is 12.1. The van der Waals surface area contributed by atoms with Gasteiger partial charge in [0.15, 0.2) is 6.29 Å². The summed E-state index contributed by atoms with van der Waals surface area (Å²) >= 11 is 0. The van der Waals surface area contributed by atoms with Gasteiger partial charge in [0.1, 0.15) is 0 Å². The second-order valence-electron chi connectivity index (χ2n) is 4.18. The van der Waals surface area contributed by atoms with E-state index in [0.29, 0.717) is 5.46 Å². The quantitative estimate of drug-likeness (QED) is 0.726. The van der Waals surface area contributed by atoms with E-state index >= 15 is 0 Å². The minimum absolute atomic E-state index is 0.0909. The summed E-state index contributed by atoms with van der Waals surface area (Å²) in [6.45, 7) is 1.56. The minimum atomic E-state index is -1.39. The molecule has 1 saturated heterocycles. The molecular formula is C12H17BO4. The summed E-state index contributed by atoms with van der Waals surface area (Å²) in [7, 11) is -1.39. The van der Waals surface area contributed by atoms with Gasteiger partial charge < -0.3 is 19.5 Å². The van der Waals surface area contributed by atoms with Gasteiger partial charge in [0.05, 0.1) is 13.2 Å². The van der Waals surface area contributed by atoms with E-state index in [1.54, 1.807) is 12.1 Å². The van der Waals surface area contributed by atoms with Crippen molar-refractivity contribution in [1.29, 1.82) is 0 Å². The first-order chi connectivity index (χ1) is 8.25. The van der Waals surface area contributed by atoms with E-state index in [0.717, 1.165) is 38.0 Å². The van der Waals surface area contributed by atoms with Gasteiger partial charge in [-0.15, -0.1) is 0 Å². The van der Waals surface area contributed by atoms with Crippen molar-refractivity contribution in [3.63, 3.8) is 0 Å². The number of ether oxygens (including phenoxy) is 2. The molecule has 0 saturated carbocycles. The van der Waals surface area contributed by atoms with Crippen LogP contribution in [-0.4, -0.2) is 36.7 Å². The lowest BCUT2D eigenvalue weighted by Crippen LogP contribution is -2.29. The standard InChI is InChI=1S/C12H17BO4/c14-13(15)11-5-2-10(3-6-11)4-7-12-16-8-1-9-17-12/h2-3,5-6,12,14-15H,1,4,7-9H2. The maximum Gasteiger partial charge on any atom is 0.488 e. The van der Waals surface area contributed by atoms with Crippen LogP contribution in [-0.2, 0) is 15.9 Å². The molecule has 0 atom stereocenters. The van der Waals surface area contributed by atoms with E-state index in [9.17, 15) is 0 Å². The van der Waals surface area contributed by atoms with Crippen LogP contribution in [0.4, 0.5) is 0 Å². The summed E-state index contributed by atoms with van der Waals surface area (Å²) in [5, 5.41) is 17.9. The van der Waals surface area contributed by atoms with Gasteiger partial charge in [-0.3, -0.25) is 0 Å². The zero-order valence-electron chi connectivity index (χ0n) is 9.71. The lowest BCUT2D eigenvalue weighted by atomic mass is 9.80. The first-order valence-electron chi connectivity index (χ1n) is 5.94. The van der Waals surface area contributed by atoms with E-state index in [-0.39, 0.29) is 6.29 Å². The van der Waals surface area contributed by atoms with Crippen LogP contribution in [0.3, 0.4) is 0 Å². The maximum absolute atomic E-state index is 8.96. The molecule has 0 bridgehead atoms. The summed E-state index contributed by atoms with van der Waals surface area (Å²) in [4.78, 5) is 0. The Labute approximate surface area is 101 Å². The summed E-state index contributed by atoms with van der Waals surface area (Å²) in [6.07, 6.45) is 2.58. The zero-order valence-corrected chi connectivity index (χ0v) is 9.71. The van der Waals surface area contributed by atoms with Crippen molar-refractivity contribution in [1.82, 2.24) is 0 Å². The molecule has 1 aliphatic heterocycles. The first-order valence-corrected chi connectivity index (χ1v) is 5.94.